The summed E-state index contributed by atoms with van der Waals surface area (Å²) in [6.07, 6.45) is 1.05. The number of rotatable bonds is 13. The maximum absolute atomic E-state index is 13.2. The van der Waals surface area contributed by atoms with E-state index in [2.05, 4.69) is 10.6 Å². The molecular formula is C24H37N5O7. The van der Waals surface area contributed by atoms with Crippen molar-refractivity contribution in [1.82, 2.24) is 15.5 Å². The number of aliphatic hydroxyl groups excluding tert-OH is 1. The summed E-state index contributed by atoms with van der Waals surface area (Å²) in [4.78, 5) is 51.7. The van der Waals surface area contributed by atoms with Gasteiger partial charge >= 0.3 is 5.97 Å². The highest BCUT2D eigenvalue weighted by Crippen LogP contribution is 2.20. The van der Waals surface area contributed by atoms with Crippen molar-refractivity contribution < 1.29 is 34.5 Å². The lowest BCUT2D eigenvalue weighted by molar-refractivity contribution is -0.149. The topological polar surface area (TPSA) is 208 Å². The zero-order valence-electron chi connectivity index (χ0n) is 20.4. The molecule has 0 aromatic heterocycles. The fraction of sp³-hybridized carbons (Fsp3) is 0.583. The number of nitrogens with zero attached hydrogens (tertiary/aromatic N) is 1. The highest BCUT2D eigenvalue weighted by Gasteiger charge is 2.38. The minimum atomic E-state index is -1.39. The van der Waals surface area contributed by atoms with Gasteiger partial charge < -0.3 is 42.3 Å². The van der Waals surface area contributed by atoms with Gasteiger partial charge in [0.2, 0.25) is 17.7 Å². The first-order valence-corrected chi connectivity index (χ1v) is 12.1. The maximum atomic E-state index is 13.2. The van der Waals surface area contributed by atoms with Crippen LogP contribution in [0.1, 0.15) is 44.6 Å². The van der Waals surface area contributed by atoms with Gasteiger partial charge in [0.05, 0.1) is 12.1 Å². The smallest absolute Gasteiger partial charge is 0.326 e. The standard InChI is InChI=1S/C24H37N5O7/c1-14(30)20(28-21(32)17(26)13-15-7-9-16(31)10-8-15)22(33)27-18(5-2-3-11-25)23(34)29-12-4-6-19(29)24(35)36/h7-10,14,17-20,30-31H,2-6,11-13,25-26H2,1H3,(H,27,33)(H,28,32)(H,35,36). The van der Waals surface area contributed by atoms with Gasteiger partial charge in [-0.15, -0.1) is 0 Å². The Labute approximate surface area is 210 Å². The van der Waals surface area contributed by atoms with Crippen molar-refractivity contribution >= 4 is 23.7 Å². The third-order valence-electron chi connectivity index (χ3n) is 6.17. The van der Waals surface area contributed by atoms with Gasteiger partial charge in [-0.3, -0.25) is 14.4 Å². The molecule has 1 aliphatic rings. The molecule has 1 aliphatic heterocycles. The fourth-order valence-electron chi connectivity index (χ4n) is 4.14. The van der Waals surface area contributed by atoms with Crippen LogP contribution in [0.25, 0.3) is 0 Å². The monoisotopic (exact) mass is 507 g/mol. The summed E-state index contributed by atoms with van der Waals surface area (Å²) in [5.74, 6) is -3.02. The Morgan fingerprint density at radius 2 is 1.78 bits per heavy atom. The number of carboxylic acid groups (broad SMARTS) is 1. The first-order chi connectivity index (χ1) is 17.0. The van der Waals surface area contributed by atoms with Crippen LogP contribution in [0.3, 0.4) is 0 Å². The van der Waals surface area contributed by atoms with E-state index in [1.165, 1.54) is 24.0 Å². The maximum Gasteiger partial charge on any atom is 0.326 e. The minimum Gasteiger partial charge on any atom is -0.508 e. The number of phenolic OH excluding ortho intramolecular Hbond substituents is 1. The molecule has 1 fully saturated rings. The van der Waals surface area contributed by atoms with Crippen LogP contribution in [0, 0.1) is 0 Å². The number of nitrogens with one attached hydrogen (secondary N) is 2. The molecule has 1 saturated heterocycles. The van der Waals surface area contributed by atoms with Crippen LogP contribution in [0.4, 0.5) is 0 Å². The van der Waals surface area contributed by atoms with E-state index in [0.29, 0.717) is 37.8 Å². The summed E-state index contributed by atoms with van der Waals surface area (Å²) in [6.45, 7) is 1.98. The van der Waals surface area contributed by atoms with E-state index in [9.17, 15) is 34.5 Å². The van der Waals surface area contributed by atoms with Gasteiger partial charge in [0, 0.05) is 6.54 Å². The van der Waals surface area contributed by atoms with E-state index in [1.54, 1.807) is 12.1 Å². The highest BCUT2D eigenvalue weighted by molar-refractivity contribution is 5.94. The van der Waals surface area contributed by atoms with Crippen LogP contribution in [0.5, 0.6) is 5.75 Å². The van der Waals surface area contributed by atoms with Gasteiger partial charge in [-0.05, 0) is 69.7 Å². The lowest BCUT2D eigenvalue weighted by Gasteiger charge is -2.29. The third kappa shape index (κ3) is 8.18. The van der Waals surface area contributed by atoms with Gasteiger partial charge in [-0.25, -0.2) is 4.79 Å². The molecular weight excluding hydrogens is 470 g/mol. The van der Waals surface area contributed by atoms with Crippen LogP contribution >= 0.6 is 0 Å². The molecule has 3 amide bonds. The summed E-state index contributed by atoms with van der Waals surface area (Å²) in [7, 11) is 0. The number of likely N-dealkylation sites (tertiary alicyclic amines) is 1. The number of phenols is 1. The molecule has 12 nitrogen and oxygen atoms in total. The van der Waals surface area contributed by atoms with Crippen molar-refractivity contribution in [2.45, 2.75) is 75.7 Å². The zero-order chi connectivity index (χ0) is 26.8. The number of carbonyl (C=O) groups is 4. The first kappa shape index (κ1) is 29.0. The number of benzene rings is 1. The van der Waals surface area contributed by atoms with E-state index in [0.717, 1.165) is 0 Å². The Kier molecular flexibility index (Phi) is 11.1. The second-order valence-corrected chi connectivity index (χ2v) is 9.08. The molecule has 12 heteroatoms. The summed E-state index contributed by atoms with van der Waals surface area (Å²) in [6, 6.07) is 1.73. The van der Waals surface area contributed by atoms with Crippen LogP contribution < -0.4 is 22.1 Å². The number of carbonyl (C=O) groups excluding carboxylic acids is 3. The van der Waals surface area contributed by atoms with Crippen molar-refractivity contribution in [3.63, 3.8) is 0 Å². The van der Waals surface area contributed by atoms with Crippen LogP contribution in [-0.4, -0.2) is 87.3 Å². The van der Waals surface area contributed by atoms with Crippen molar-refractivity contribution in [3.8, 4) is 5.75 Å². The van der Waals surface area contributed by atoms with Gasteiger partial charge in [0.1, 0.15) is 23.9 Å². The number of amides is 3. The average molecular weight is 508 g/mol. The van der Waals surface area contributed by atoms with Crippen molar-refractivity contribution in [3.05, 3.63) is 29.8 Å². The molecule has 9 N–H and O–H groups in total. The van der Waals surface area contributed by atoms with E-state index in [4.69, 9.17) is 11.5 Å². The molecule has 5 unspecified atom stereocenters. The van der Waals surface area contributed by atoms with E-state index < -0.39 is 54.0 Å². The SMILES string of the molecule is CC(O)C(NC(=O)C(N)Cc1ccc(O)cc1)C(=O)NC(CCCCN)C(=O)N1CCCC1C(=O)O. The molecule has 200 valence electrons. The van der Waals surface area contributed by atoms with Crippen LogP contribution in [0.15, 0.2) is 24.3 Å². The predicted molar refractivity (Wildman–Crippen MR) is 131 cm³/mol. The minimum absolute atomic E-state index is 0.0711. The molecule has 0 aliphatic carbocycles. The van der Waals surface area contributed by atoms with Gasteiger partial charge in [0.15, 0.2) is 0 Å². The number of unbranched alkanes of at least 4 members (excludes halogenated alkanes) is 1. The highest BCUT2D eigenvalue weighted by atomic mass is 16.4. The summed E-state index contributed by atoms with van der Waals surface area (Å²) < 4.78 is 0. The Bertz CT molecular complexity index is 909. The lowest BCUT2D eigenvalue weighted by Crippen LogP contribution is -2.60. The number of aliphatic hydroxyl groups is 1. The number of hydrogen-bond acceptors (Lipinski definition) is 8. The Morgan fingerprint density at radius 3 is 2.36 bits per heavy atom. The zero-order valence-corrected chi connectivity index (χ0v) is 20.4. The summed E-state index contributed by atoms with van der Waals surface area (Å²) in [5.41, 5.74) is 12.2. The lowest BCUT2D eigenvalue weighted by atomic mass is 10.0. The fourth-order valence-corrected chi connectivity index (χ4v) is 4.14. The van der Waals surface area contributed by atoms with E-state index >= 15 is 0 Å². The molecule has 0 bridgehead atoms. The van der Waals surface area contributed by atoms with Gasteiger partial charge in [-0.1, -0.05) is 12.1 Å². The number of aliphatic carboxylic acids is 1. The molecule has 1 aromatic carbocycles. The number of carboxylic acids is 1. The normalized spacial score (nSPS) is 18.7. The van der Waals surface area contributed by atoms with Crippen molar-refractivity contribution in [2.24, 2.45) is 11.5 Å². The number of aromatic hydroxyl groups is 1. The summed E-state index contributed by atoms with van der Waals surface area (Å²) in [5, 5.41) is 34.0. The Hall–Kier alpha value is -3.22. The second-order valence-electron chi connectivity index (χ2n) is 9.08. The molecule has 36 heavy (non-hydrogen) atoms. The molecule has 1 aromatic rings. The third-order valence-corrected chi connectivity index (χ3v) is 6.17. The number of nitrogens with two attached hydrogens (primary N) is 2. The quantitative estimate of drug-likeness (QED) is 0.160. The predicted octanol–water partition coefficient (Wildman–Crippen LogP) is -1.18. The molecule has 0 saturated carbocycles. The van der Waals surface area contributed by atoms with E-state index in [-0.39, 0.29) is 25.1 Å². The van der Waals surface area contributed by atoms with Crippen molar-refractivity contribution in [1.29, 1.82) is 0 Å². The first-order valence-electron chi connectivity index (χ1n) is 12.1. The molecule has 0 spiro atoms. The second kappa shape index (κ2) is 13.8. The van der Waals surface area contributed by atoms with Crippen molar-refractivity contribution in [2.75, 3.05) is 13.1 Å². The van der Waals surface area contributed by atoms with Gasteiger partial charge in [-0.2, -0.15) is 0 Å². The van der Waals surface area contributed by atoms with E-state index in [1.807, 2.05) is 0 Å². The average Bonchev–Trinajstić information content (AvgIpc) is 3.33. The van der Waals surface area contributed by atoms with Crippen LogP contribution in [0.2, 0.25) is 0 Å². The Balaban J connectivity index is 2.09. The molecule has 5 atom stereocenters. The largest absolute Gasteiger partial charge is 0.508 e. The van der Waals surface area contributed by atoms with Crippen LogP contribution in [-0.2, 0) is 25.6 Å². The number of hydrogen-bond donors (Lipinski definition) is 7. The molecule has 1 heterocycles. The molecule has 2 rings (SSSR count). The molecule has 0 radical (unpaired) electrons. The summed E-state index contributed by atoms with van der Waals surface area (Å²) >= 11 is 0. The van der Waals surface area contributed by atoms with Gasteiger partial charge in [0.25, 0.3) is 0 Å². The Morgan fingerprint density at radius 1 is 1.11 bits per heavy atom.